The number of pyridine rings is 1. The first-order chi connectivity index (χ1) is 30.6. The van der Waals surface area contributed by atoms with E-state index in [2.05, 4.69) is 145 Å². The molecule has 11 rings (SSSR count). The van der Waals surface area contributed by atoms with Crippen molar-refractivity contribution in [3.8, 4) is 95.9 Å². The summed E-state index contributed by atoms with van der Waals surface area (Å²) in [7, 11) is 0. The topological polar surface area (TPSA) is 75.3 Å². The molecule has 62 heavy (non-hydrogen) atoms. The Morgan fingerprint density at radius 3 is 1.31 bits per heavy atom. The third kappa shape index (κ3) is 6.76. The molecule has 2 heterocycles. The minimum Gasteiger partial charge on any atom is -0.264 e. The van der Waals surface area contributed by atoms with Crippen molar-refractivity contribution in [2.45, 2.75) is 37.5 Å². The van der Waals surface area contributed by atoms with Crippen LogP contribution in [0.4, 0.5) is 0 Å². The van der Waals surface area contributed by atoms with Gasteiger partial charge in [-0.1, -0.05) is 171 Å². The fourth-order valence-electron chi connectivity index (χ4n) is 9.66. The molecule has 9 aromatic rings. The molecule has 1 fully saturated rings. The maximum absolute atomic E-state index is 9.72. The van der Waals surface area contributed by atoms with Crippen LogP contribution in [-0.4, -0.2) is 19.9 Å². The number of nitriles is 1. The number of rotatable bonds is 7. The van der Waals surface area contributed by atoms with Crippen molar-refractivity contribution in [2.24, 2.45) is 0 Å². The molecule has 5 heteroatoms. The molecule has 5 nitrogen and oxygen atoms in total. The van der Waals surface area contributed by atoms with Gasteiger partial charge in [0.1, 0.15) is 0 Å². The minimum absolute atomic E-state index is 0.00508. The Bertz CT molecular complexity index is 3110. The second-order valence-corrected chi connectivity index (χ2v) is 16.5. The van der Waals surface area contributed by atoms with Gasteiger partial charge in [-0.25, -0.2) is 15.0 Å². The van der Waals surface area contributed by atoms with E-state index in [0.29, 0.717) is 17.5 Å². The molecule has 2 aliphatic rings. The summed E-state index contributed by atoms with van der Waals surface area (Å²) < 4.78 is 0. The fourth-order valence-corrected chi connectivity index (χ4v) is 9.66. The van der Waals surface area contributed by atoms with Gasteiger partial charge in [-0.15, -0.1) is 0 Å². The number of nitrogens with zero attached hydrogens (tertiary/aromatic N) is 5. The van der Waals surface area contributed by atoms with Gasteiger partial charge in [0.05, 0.1) is 11.6 Å². The first-order valence-electron chi connectivity index (χ1n) is 21.5. The predicted octanol–water partition coefficient (Wildman–Crippen LogP) is 14.0. The smallest absolute Gasteiger partial charge is 0.164 e. The second-order valence-electron chi connectivity index (χ2n) is 16.5. The summed E-state index contributed by atoms with van der Waals surface area (Å²) in [6.45, 7) is 0. The second kappa shape index (κ2) is 15.7. The van der Waals surface area contributed by atoms with E-state index in [4.69, 9.17) is 15.0 Å². The van der Waals surface area contributed by atoms with Crippen molar-refractivity contribution in [1.29, 1.82) is 5.26 Å². The van der Waals surface area contributed by atoms with E-state index in [1.54, 1.807) is 6.20 Å². The summed E-state index contributed by atoms with van der Waals surface area (Å²) in [5.41, 5.74) is 18.2. The first-order valence-corrected chi connectivity index (χ1v) is 21.5. The quantitative estimate of drug-likeness (QED) is 0.161. The molecule has 0 amide bonds. The average Bonchev–Trinajstić information content (AvgIpc) is 3.61. The van der Waals surface area contributed by atoms with Crippen LogP contribution in [0.5, 0.6) is 0 Å². The zero-order valence-electron chi connectivity index (χ0n) is 34.2. The summed E-state index contributed by atoms with van der Waals surface area (Å²) in [6, 6.07) is 64.3. The lowest BCUT2D eigenvalue weighted by molar-refractivity contribution is 0.353. The van der Waals surface area contributed by atoms with Crippen molar-refractivity contribution in [2.75, 3.05) is 0 Å². The molecule has 0 aliphatic heterocycles. The Morgan fingerprint density at radius 2 is 0.806 bits per heavy atom. The molecule has 7 aromatic carbocycles. The third-order valence-electron chi connectivity index (χ3n) is 12.9. The van der Waals surface area contributed by atoms with Crippen LogP contribution in [0.2, 0.25) is 0 Å². The minimum atomic E-state index is 0.00508. The van der Waals surface area contributed by atoms with E-state index in [1.807, 2.05) is 48.7 Å². The molecular formula is C57H41N5. The number of aromatic nitrogens is 4. The number of fused-ring (bicyclic) bond motifs is 5. The molecule has 0 atom stereocenters. The van der Waals surface area contributed by atoms with Crippen LogP contribution in [0, 0.1) is 11.3 Å². The van der Waals surface area contributed by atoms with Gasteiger partial charge < -0.3 is 0 Å². The fraction of sp³-hybridized carbons (Fsp3) is 0.105. The monoisotopic (exact) mass is 795 g/mol. The van der Waals surface area contributed by atoms with Crippen molar-refractivity contribution in [3.63, 3.8) is 0 Å². The number of hydrogen-bond donors (Lipinski definition) is 0. The van der Waals surface area contributed by atoms with Crippen LogP contribution < -0.4 is 0 Å². The molecule has 1 saturated carbocycles. The Balaban J connectivity index is 0.835. The van der Waals surface area contributed by atoms with Crippen molar-refractivity contribution >= 4 is 0 Å². The number of benzene rings is 7. The zero-order chi connectivity index (χ0) is 41.5. The van der Waals surface area contributed by atoms with E-state index >= 15 is 0 Å². The van der Waals surface area contributed by atoms with E-state index in [1.165, 1.54) is 63.8 Å². The SMILES string of the molecule is N#Cc1ccc2c(c1)C1(CCCCC1)c1cc(-c3ccc(-c4ccc(-c5ccc(-c6nc(-c7ccccc7)nc(-c7ccc(-c8cccnc8)cc7)n6)cc5)cc4)cc3)ccc1-2. The molecule has 0 bridgehead atoms. The molecular weight excluding hydrogens is 755 g/mol. The van der Waals surface area contributed by atoms with Crippen molar-refractivity contribution in [1.82, 2.24) is 19.9 Å². The van der Waals surface area contributed by atoms with E-state index in [9.17, 15) is 5.26 Å². The highest BCUT2D eigenvalue weighted by molar-refractivity contribution is 5.85. The van der Waals surface area contributed by atoms with Crippen LogP contribution >= 0.6 is 0 Å². The summed E-state index contributed by atoms with van der Waals surface area (Å²) in [5, 5.41) is 9.72. The highest BCUT2D eigenvalue weighted by Crippen LogP contribution is 2.56. The van der Waals surface area contributed by atoms with Gasteiger partial charge in [-0.05, 0) is 104 Å². The predicted molar refractivity (Wildman–Crippen MR) is 250 cm³/mol. The van der Waals surface area contributed by atoms with Crippen LogP contribution in [-0.2, 0) is 5.41 Å². The van der Waals surface area contributed by atoms with Crippen LogP contribution in [0.3, 0.4) is 0 Å². The maximum Gasteiger partial charge on any atom is 0.164 e. The lowest BCUT2D eigenvalue weighted by Crippen LogP contribution is -2.28. The lowest BCUT2D eigenvalue weighted by Gasteiger charge is -2.36. The Labute approximate surface area is 362 Å². The molecule has 0 N–H and O–H groups in total. The summed E-state index contributed by atoms with van der Waals surface area (Å²) in [4.78, 5) is 19.1. The van der Waals surface area contributed by atoms with Gasteiger partial charge >= 0.3 is 0 Å². The molecule has 2 aromatic heterocycles. The third-order valence-corrected chi connectivity index (χ3v) is 12.9. The van der Waals surface area contributed by atoms with Crippen LogP contribution in [0.1, 0.15) is 48.8 Å². The van der Waals surface area contributed by atoms with Crippen LogP contribution in [0.25, 0.3) is 89.8 Å². The Morgan fingerprint density at radius 1 is 0.387 bits per heavy atom. The standard InChI is InChI=1S/C57H41N5/c58-36-38-11-29-50-51-30-28-48(35-53(51)57(52(50)34-38)31-5-2-6-32-57)43-18-16-41(17-19-43)39-12-14-40(15-13-39)42-20-24-46(25-21-42)55-60-54(45-8-3-1-4-9-45)61-56(62-55)47-26-22-44(23-27-47)49-10-7-33-59-37-49/h1,3-4,7-30,33-35,37H,2,5-6,31-32H2. The summed E-state index contributed by atoms with van der Waals surface area (Å²) >= 11 is 0. The Hall–Kier alpha value is -7.81. The maximum atomic E-state index is 9.72. The normalized spacial score (nSPS) is 13.6. The van der Waals surface area contributed by atoms with E-state index in [0.717, 1.165) is 57.3 Å². The largest absolute Gasteiger partial charge is 0.264 e. The van der Waals surface area contributed by atoms with Gasteiger partial charge in [-0.3, -0.25) is 4.98 Å². The van der Waals surface area contributed by atoms with Crippen molar-refractivity contribution < 1.29 is 0 Å². The molecule has 0 radical (unpaired) electrons. The van der Waals surface area contributed by atoms with Gasteiger partial charge in [0.2, 0.25) is 0 Å². The molecule has 0 saturated heterocycles. The van der Waals surface area contributed by atoms with Crippen LogP contribution in [0.15, 0.2) is 188 Å². The summed E-state index contributed by atoms with van der Waals surface area (Å²) in [6.07, 6.45) is 9.67. The van der Waals surface area contributed by atoms with Gasteiger partial charge in [-0.2, -0.15) is 5.26 Å². The van der Waals surface area contributed by atoms with Crippen molar-refractivity contribution in [3.05, 3.63) is 205 Å². The van der Waals surface area contributed by atoms with E-state index in [-0.39, 0.29) is 5.41 Å². The highest BCUT2D eigenvalue weighted by Gasteiger charge is 2.44. The molecule has 0 unspecified atom stereocenters. The molecule has 294 valence electrons. The number of hydrogen-bond acceptors (Lipinski definition) is 5. The van der Waals surface area contributed by atoms with Gasteiger partial charge in [0.15, 0.2) is 17.5 Å². The summed E-state index contributed by atoms with van der Waals surface area (Å²) in [5.74, 6) is 1.89. The Kier molecular flexibility index (Phi) is 9.40. The zero-order valence-corrected chi connectivity index (χ0v) is 34.2. The molecule has 2 aliphatic carbocycles. The van der Waals surface area contributed by atoms with Gasteiger partial charge in [0.25, 0.3) is 0 Å². The average molecular weight is 796 g/mol. The van der Waals surface area contributed by atoms with E-state index < -0.39 is 0 Å². The first kappa shape index (κ1) is 37.2. The lowest BCUT2D eigenvalue weighted by atomic mass is 9.67. The highest BCUT2D eigenvalue weighted by atomic mass is 15.0. The molecule has 1 spiro atoms. The van der Waals surface area contributed by atoms with Gasteiger partial charge in [0, 0.05) is 34.5 Å².